The molecule has 0 spiro atoms. The number of amides is 3. The van der Waals surface area contributed by atoms with Crippen LogP contribution in [0.3, 0.4) is 0 Å². The van der Waals surface area contributed by atoms with E-state index in [1.54, 1.807) is 11.0 Å². The van der Waals surface area contributed by atoms with Crippen molar-refractivity contribution in [1.82, 2.24) is 20.5 Å². The molecule has 0 radical (unpaired) electrons. The Labute approximate surface area is 224 Å². The van der Waals surface area contributed by atoms with Crippen LogP contribution in [0.25, 0.3) is 0 Å². The first-order chi connectivity index (χ1) is 18.5. The van der Waals surface area contributed by atoms with E-state index in [0.29, 0.717) is 25.1 Å². The van der Waals surface area contributed by atoms with E-state index < -0.39 is 11.9 Å². The van der Waals surface area contributed by atoms with E-state index in [0.717, 1.165) is 69.0 Å². The molecule has 0 bridgehead atoms. The molecule has 3 heterocycles. The van der Waals surface area contributed by atoms with Gasteiger partial charge in [-0.1, -0.05) is 18.9 Å². The van der Waals surface area contributed by atoms with Crippen molar-refractivity contribution in [3.63, 3.8) is 0 Å². The first-order valence-corrected chi connectivity index (χ1v) is 13.8. The van der Waals surface area contributed by atoms with Gasteiger partial charge in [0, 0.05) is 44.4 Å². The average molecular weight is 522 g/mol. The minimum atomic E-state index is -0.596. The van der Waals surface area contributed by atoms with Crippen LogP contribution in [0.5, 0.6) is 5.75 Å². The van der Waals surface area contributed by atoms with Crippen LogP contribution in [0.2, 0.25) is 0 Å². The SMILES string of the molecule is CCN(CC)c1ccc(CNCCCCCCOc2ccc3c(c2)CN(C2CCC(=O)NC2=O)C3=O)cn1. The number of piperidine rings is 1. The molecule has 3 amide bonds. The van der Waals surface area contributed by atoms with Gasteiger partial charge in [-0.15, -0.1) is 0 Å². The molecule has 2 N–H and O–H groups in total. The summed E-state index contributed by atoms with van der Waals surface area (Å²) in [5, 5.41) is 5.83. The number of unbranched alkanes of at least 4 members (excludes halogenated alkanes) is 3. The van der Waals surface area contributed by atoms with Crippen molar-refractivity contribution in [2.75, 3.05) is 31.1 Å². The van der Waals surface area contributed by atoms with E-state index in [2.05, 4.69) is 46.5 Å². The van der Waals surface area contributed by atoms with Gasteiger partial charge < -0.3 is 19.9 Å². The van der Waals surface area contributed by atoms with Gasteiger partial charge in [0.15, 0.2) is 0 Å². The summed E-state index contributed by atoms with van der Waals surface area (Å²) in [7, 11) is 0. The number of benzene rings is 1. The third kappa shape index (κ3) is 6.89. The third-order valence-electron chi connectivity index (χ3n) is 7.24. The number of rotatable bonds is 14. The lowest BCUT2D eigenvalue weighted by Gasteiger charge is -2.29. The van der Waals surface area contributed by atoms with Crippen molar-refractivity contribution in [1.29, 1.82) is 0 Å². The van der Waals surface area contributed by atoms with Crippen molar-refractivity contribution < 1.29 is 19.1 Å². The number of nitrogens with one attached hydrogen (secondary N) is 2. The van der Waals surface area contributed by atoms with Gasteiger partial charge >= 0.3 is 0 Å². The van der Waals surface area contributed by atoms with E-state index in [1.807, 2.05) is 18.3 Å². The second-order valence-electron chi connectivity index (χ2n) is 9.86. The Morgan fingerprint density at radius 3 is 2.63 bits per heavy atom. The Kier molecular flexibility index (Phi) is 9.70. The molecule has 1 fully saturated rings. The molecular weight excluding hydrogens is 482 g/mol. The van der Waals surface area contributed by atoms with Gasteiger partial charge in [-0.25, -0.2) is 4.98 Å². The number of carbonyl (C=O) groups is 3. The molecule has 4 rings (SSSR count). The third-order valence-corrected chi connectivity index (χ3v) is 7.24. The molecule has 204 valence electrons. The monoisotopic (exact) mass is 521 g/mol. The highest BCUT2D eigenvalue weighted by atomic mass is 16.5. The number of anilines is 1. The zero-order chi connectivity index (χ0) is 26.9. The second kappa shape index (κ2) is 13.4. The van der Waals surface area contributed by atoms with Gasteiger partial charge in [-0.05, 0) is 75.0 Å². The average Bonchev–Trinajstić information content (AvgIpc) is 3.24. The van der Waals surface area contributed by atoms with E-state index in [9.17, 15) is 14.4 Å². The van der Waals surface area contributed by atoms with Crippen LogP contribution in [0.15, 0.2) is 36.5 Å². The Morgan fingerprint density at radius 2 is 1.89 bits per heavy atom. The number of nitrogens with zero attached hydrogens (tertiary/aromatic N) is 3. The fourth-order valence-electron chi connectivity index (χ4n) is 5.02. The summed E-state index contributed by atoms with van der Waals surface area (Å²) in [5.41, 5.74) is 2.66. The molecule has 2 aliphatic rings. The van der Waals surface area contributed by atoms with E-state index in [1.165, 1.54) is 5.56 Å². The molecule has 9 nitrogen and oxygen atoms in total. The molecule has 38 heavy (non-hydrogen) atoms. The number of hydrogen-bond donors (Lipinski definition) is 2. The maximum Gasteiger partial charge on any atom is 0.255 e. The van der Waals surface area contributed by atoms with Crippen molar-refractivity contribution in [2.45, 2.75) is 71.5 Å². The van der Waals surface area contributed by atoms with Crippen LogP contribution in [0, 0.1) is 0 Å². The summed E-state index contributed by atoms with van der Waals surface area (Å²) in [6.45, 7) is 9.00. The van der Waals surface area contributed by atoms with Crippen LogP contribution in [0.4, 0.5) is 5.82 Å². The molecule has 1 unspecified atom stereocenters. The fraction of sp³-hybridized carbons (Fsp3) is 0.517. The quantitative estimate of drug-likeness (QED) is 0.290. The zero-order valence-corrected chi connectivity index (χ0v) is 22.5. The number of imide groups is 1. The van der Waals surface area contributed by atoms with Crippen molar-refractivity contribution in [3.05, 3.63) is 53.2 Å². The number of carbonyl (C=O) groups excluding carboxylic acids is 3. The van der Waals surface area contributed by atoms with Crippen molar-refractivity contribution >= 4 is 23.5 Å². The molecule has 0 saturated carbocycles. The largest absolute Gasteiger partial charge is 0.494 e. The molecule has 1 saturated heterocycles. The first kappa shape index (κ1) is 27.6. The predicted octanol–water partition coefficient (Wildman–Crippen LogP) is 3.42. The molecule has 2 aliphatic heterocycles. The minimum absolute atomic E-state index is 0.164. The predicted molar refractivity (Wildman–Crippen MR) is 146 cm³/mol. The molecule has 1 aromatic carbocycles. The second-order valence-corrected chi connectivity index (χ2v) is 9.86. The topological polar surface area (TPSA) is 104 Å². The molecule has 1 aromatic heterocycles. The first-order valence-electron chi connectivity index (χ1n) is 13.8. The van der Waals surface area contributed by atoms with Gasteiger partial charge in [0.25, 0.3) is 5.91 Å². The number of aromatic nitrogens is 1. The fourth-order valence-corrected chi connectivity index (χ4v) is 5.02. The maximum absolute atomic E-state index is 12.8. The van der Waals surface area contributed by atoms with Gasteiger partial charge in [0.05, 0.1) is 6.61 Å². The molecular formula is C29H39N5O4. The standard InChI is InChI=1S/C29H39N5O4/c1-3-33(4-2)26-13-9-21(19-31-26)18-30-15-7-5-6-8-16-38-23-10-11-24-22(17-23)20-34(29(24)37)25-12-14-27(35)32-28(25)36/h9-11,13,17,19,25,30H,3-8,12,14-16,18,20H2,1-2H3,(H,32,35,36). The van der Waals surface area contributed by atoms with Crippen LogP contribution >= 0.6 is 0 Å². The summed E-state index contributed by atoms with van der Waals surface area (Å²) in [6.07, 6.45) is 6.88. The Bertz CT molecular complexity index is 1120. The van der Waals surface area contributed by atoms with E-state index in [4.69, 9.17) is 4.74 Å². The molecule has 0 aliphatic carbocycles. The van der Waals surface area contributed by atoms with Gasteiger partial charge in [-0.2, -0.15) is 0 Å². The lowest BCUT2D eigenvalue weighted by atomic mass is 10.0. The van der Waals surface area contributed by atoms with Crippen LogP contribution in [-0.4, -0.2) is 59.9 Å². The summed E-state index contributed by atoms with van der Waals surface area (Å²) in [5.74, 6) is 0.933. The maximum atomic E-state index is 12.8. The van der Waals surface area contributed by atoms with Crippen molar-refractivity contribution in [3.8, 4) is 5.75 Å². The minimum Gasteiger partial charge on any atom is -0.494 e. The van der Waals surface area contributed by atoms with Crippen LogP contribution in [0.1, 0.15) is 73.9 Å². The van der Waals surface area contributed by atoms with Gasteiger partial charge in [-0.3, -0.25) is 19.7 Å². The summed E-state index contributed by atoms with van der Waals surface area (Å²) >= 11 is 0. The highest BCUT2D eigenvalue weighted by Crippen LogP contribution is 2.30. The molecule has 1 atom stereocenters. The Hall–Kier alpha value is -3.46. The highest BCUT2D eigenvalue weighted by molar-refractivity contribution is 6.05. The van der Waals surface area contributed by atoms with Gasteiger partial charge in [0.2, 0.25) is 11.8 Å². The number of pyridine rings is 1. The van der Waals surface area contributed by atoms with Crippen LogP contribution in [-0.2, 0) is 22.7 Å². The smallest absolute Gasteiger partial charge is 0.255 e. The zero-order valence-electron chi connectivity index (χ0n) is 22.5. The lowest BCUT2D eigenvalue weighted by Crippen LogP contribution is -2.52. The van der Waals surface area contributed by atoms with E-state index >= 15 is 0 Å². The summed E-state index contributed by atoms with van der Waals surface area (Å²) in [6, 6.07) is 9.13. The number of ether oxygens (including phenoxy) is 1. The summed E-state index contributed by atoms with van der Waals surface area (Å²) in [4.78, 5) is 44.8. The highest BCUT2D eigenvalue weighted by Gasteiger charge is 2.39. The normalized spacial score (nSPS) is 16.9. The summed E-state index contributed by atoms with van der Waals surface area (Å²) < 4.78 is 5.93. The lowest BCUT2D eigenvalue weighted by molar-refractivity contribution is -0.136. The Balaban J connectivity index is 1.10. The van der Waals surface area contributed by atoms with E-state index in [-0.39, 0.29) is 18.2 Å². The van der Waals surface area contributed by atoms with Crippen molar-refractivity contribution in [2.24, 2.45) is 0 Å². The number of fused-ring (bicyclic) bond motifs is 1. The number of hydrogen-bond acceptors (Lipinski definition) is 7. The molecule has 2 aromatic rings. The van der Waals surface area contributed by atoms with Crippen LogP contribution < -0.4 is 20.3 Å². The van der Waals surface area contributed by atoms with Gasteiger partial charge in [0.1, 0.15) is 17.6 Å². The molecule has 9 heteroatoms. The Morgan fingerprint density at radius 1 is 1.08 bits per heavy atom.